The molecule has 2 N–H and O–H groups in total. The molecule has 6 nitrogen and oxygen atoms in total. The molecular weight excluding hydrogens is 326 g/mol. The summed E-state index contributed by atoms with van der Waals surface area (Å²) in [5.74, 6) is -0.164. The predicted molar refractivity (Wildman–Crippen MR) is 90.8 cm³/mol. The molecule has 0 unspecified atom stereocenters. The molecule has 24 heavy (non-hydrogen) atoms. The van der Waals surface area contributed by atoms with Crippen LogP contribution in [0.2, 0.25) is 0 Å². The second-order valence-corrected chi connectivity index (χ2v) is 7.76. The fourth-order valence-electron chi connectivity index (χ4n) is 2.80. The topological polar surface area (TPSA) is 99.1 Å². The van der Waals surface area contributed by atoms with Gasteiger partial charge in [0.25, 0.3) is 5.91 Å². The fraction of sp³-hybridized carbons (Fsp3) is 0.529. The summed E-state index contributed by atoms with van der Waals surface area (Å²) in [6, 6.07) is 7.95. The van der Waals surface area contributed by atoms with E-state index in [-0.39, 0.29) is 29.8 Å². The maximum atomic E-state index is 12.3. The SMILES string of the molecule is N#CCCNS(=O)(=O)c1ccc(C(=O)NC2CCCCCC2)cc1. The fourth-order valence-corrected chi connectivity index (χ4v) is 3.83. The van der Waals surface area contributed by atoms with E-state index in [4.69, 9.17) is 5.26 Å². The Labute approximate surface area is 143 Å². The van der Waals surface area contributed by atoms with Crippen LogP contribution in [0.15, 0.2) is 29.2 Å². The minimum absolute atomic E-state index is 0.0722. The zero-order chi connectivity index (χ0) is 17.4. The second-order valence-electron chi connectivity index (χ2n) is 5.99. The second kappa shape index (κ2) is 8.81. The molecule has 1 fully saturated rings. The van der Waals surface area contributed by atoms with Gasteiger partial charge in [0.1, 0.15) is 0 Å². The number of hydrogen-bond donors (Lipinski definition) is 2. The van der Waals surface area contributed by atoms with E-state index in [9.17, 15) is 13.2 Å². The highest BCUT2D eigenvalue weighted by Crippen LogP contribution is 2.18. The molecule has 1 aliphatic carbocycles. The summed E-state index contributed by atoms with van der Waals surface area (Å²) in [6.07, 6.45) is 6.82. The van der Waals surface area contributed by atoms with Crippen molar-refractivity contribution in [3.05, 3.63) is 29.8 Å². The molecule has 0 heterocycles. The van der Waals surface area contributed by atoms with Gasteiger partial charge in [-0.25, -0.2) is 13.1 Å². The lowest BCUT2D eigenvalue weighted by Gasteiger charge is -2.16. The van der Waals surface area contributed by atoms with Crippen molar-refractivity contribution in [2.45, 2.75) is 55.9 Å². The van der Waals surface area contributed by atoms with Crippen molar-refractivity contribution < 1.29 is 13.2 Å². The Morgan fingerprint density at radius 2 is 1.75 bits per heavy atom. The highest BCUT2D eigenvalue weighted by atomic mass is 32.2. The maximum absolute atomic E-state index is 12.3. The highest BCUT2D eigenvalue weighted by molar-refractivity contribution is 7.89. The lowest BCUT2D eigenvalue weighted by molar-refractivity contribution is 0.0933. The molecule has 1 saturated carbocycles. The Balaban J connectivity index is 1.97. The van der Waals surface area contributed by atoms with Gasteiger partial charge in [0, 0.05) is 24.6 Å². The Hall–Kier alpha value is -1.91. The lowest BCUT2D eigenvalue weighted by Crippen LogP contribution is -2.34. The summed E-state index contributed by atoms with van der Waals surface area (Å²) in [4.78, 5) is 12.4. The van der Waals surface area contributed by atoms with Crippen LogP contribution in [0.5, 0.6) is 0 Å². The first-order valence-electron chi connectivity index (χ1n) is 8.30. The molecule has 0 radical (unpaired) electrons. The zero-order valence-corrected chi connectivity index (χ0v) is 14.4. The van der Waals surface area contributed by atoms with E-state index in [1.165, 1.54) is 37.1 Å². The number of carbonyl (C=O) groups is 1. The molecule has 130 valence electrons. The summed E-state index contributed by atoms with van der Waals surface area (Å²) < 4.78 is 26.4. The lowest BCUT2D eigenvalue weighted by atomic mass is 10.1. The van der Waals surface area contributed by atoms with Gasteiger partial charge in [0.2, 0.25) is 10.0 Å². The van der Waals surface area contributed by atoms with Crippen LogP contribution in [0.1, 0.15) is 55.3 Å². The van der Waals surface area contributed by atoms with Gasteiger partial charge in [-0.2, -0.15) is 5.26 Å². The van der Waals surface area contributed by atoms with Crippen molar-refractivity contribution in [3.8, 4) is 6.07 Å². The van der Waals surface area contributed by atoms with Gasteiger partial charge in [0.15, 0.2) is 0 Å². The van der Waals surface area contributed by atoms with Crippen LogP contribution in [-0.2, 0) is 10.0 Å². The third-order valence-electron chi connectivity index (χ3n) is 4.15. The van der Waals surface area contributed by atoms with Crippen LogP contribution in [0.3, 0.4) is 0 Å². The molecule has 0 atom stereocenters. The first kappa shape index (κ1) is 18.4. The molecule has 2 rings (SSSR count). The van der Waals surface area contributed by atoms with Gasteiger partial charge in [0.05, 0.1) is 11.0 Å². The number of nitriles is 1. The van der Waals surface area contributed by atoms with Gasteiger partial charge >= 0.3 is 0 Å². The number of nitrogens with one attached hydrogen (secondary N) is 2. The van der Waals surface area contributed by atoms with E-state index in [0.717, 1.165) is 25.7 Å². The molecule has 0 aliphatic heterocycles. The molecule has 0 aromatic heterocycles. The summed E-state index contributed by atoms with van der Waals surface area (Å²) in [7, 11) is -3.64. The van der Waals surface area contributed by atoms with Crippen molar-refractivity contribution in [3.63, 3.8) is 0 Å². The zero-order valence-electron chi connectivity index (χ0n) is 13.6. The van der Waals surface area contributed by atoms with Crippen molar-refractivity contribution >= 4 is 15.9 Å². The first-order valence-corrected chi connectivity index (χ1v) is 9.79. The number of hydrogen-bond acceptors (Lipinski definition) is 4. The van der Waals surface area contributed by atoms with Crippen LogP contribution in [-0.4, -0.2) is 26.9 Å². The maximum Gasteiger partial charge on any atom is 0.251 e. The minimum Gasteiger partial charge on any atom is -0.349 e. The summed E-state index contributed by atoms with van der Waals surface area (Å²) >= 11 is 0. The Bertz CT molecular complexity index is 685. The summed E-state index contributed by atoms with van der Waals surface area (Å²) in [6.45, 7) is 0.0722. The van der Waals surface area contributed by atoms with Crippen LogP contribution in [0.4, 0.5) is 0 Å². The molecule has 1 aromatic carbocycles. The number of nitrogens with zero attached hydrogens (tertiary/aromatic N) is 1. The van der Waals surface area contributed by atoms with Gasteiger partial charge in [-0.1, -0.05) is 25.7 Å². The molecule has 0 spiro atoms. The van der Waals surface area contributed by atoms with Crippen LogP contribution < -0.4 is 10.0 Å². The number of carbonyl (C=O) groups excluding carboxylic acids is 1. The van der Waals surface area contributed by atoms with E-state index in [1.807, 2.05) is 6.07 Å². The summed E-state index contributed by atoms with van der Waals surface area (Å²) in [5, 5.41) is 11.5. The quantitative estimate of drug-likeness (QED) is 0.608. The molecule has 7 heteroatoms. The summed E-state index contributed by atoms with van der Waals surface area (Å²) in [5.41, 5.74) is 0.454. The molecule has 0 saturated heterocycles. The Morgan fingerprint density at radius 1 is 1.12 bits per heavy atom. The third kappa shape index (κ3) is 5.32. The van der Waals surface area contributed by atoms with Crippen LogP contribution >= 0.6 is 0 Å². The molecule has 1 aliphatic rings. The van der Waals surface area contributed by atoms with E-state index < -0.39 is 10.0 Å². The normalized spacial score (nSPS) is 16.1. The average Bonchev–Trinajstić information content (AvgIpc) is 2.84. The number of benzene rings is 1. The molecule has 1 aromatic rings. The van der Waals surface area contributed by atoms with Crippen molar-refractivity contribution in [1.82, 2.24) is 10.0 Å². The minimum atomic E-state index is -3.64. The predicted octanol–water partition coefficient (Wildman–Crippen LogP) is 2.33. The standard InChI is InChI=1S/C17H23N3O3S/c18-12-5-13-19-24(22,23)16-10-8-14(9-11-16)17(21)20-15-6-3-1-2-4-7-15/h8-11,15,19H,1-7,13H2,(H,20,21). The van der Waals surface area contributed by atoms with Crippen molar-refractivity contribution in [2.24, 2.45) is 0 Å². The molecule has 0 bridgehead atoms. The van der Waals surface area contributed by atoms with E-state index >= 15 is 0 Å². The Kier molecular flexibility index (Phi) is 6.76. The van der Waals surface area contributed by atoms with Crippen molar-refractivity contribution in [1.29, 1.82) is 5.26 Å². The van der Waals surface area contributed by atoms with E-state index in [1.54, 1.807) is 0 Å². The molecule has 1 amide bonds. The van der Waals surface area contributed by atoms with Crippen LogP contribution in [0, 0.1) is 11.3 Å². The molecular formula is C17H23N3O3S. The monoisotopic (exact) mass is 349 g/mol. The Morgan fingerprint density at radius 3 is 2.33 bits per heavy atom. The first-order chi connectivity index (χ1) is 11.5. The van der Waals surface area contributed by atoms with E-state index in [2.05, 4.69) is 10.0 Å². The highest BCUT2D eigenvalue weighted by Gasteiger charge is 2.17. The van der Waals surface area contributed by atoms with Gasteiger partial charge in [-0.3, -0.25) is 4.79 Å². The van der Waals surface area contributed by atoms with Crippen LogP contribution in [0.25, 0.3) is 0 Å². The smallest absolute Gasteiger partial charge is 0.251 e. The van der Waals surface area contributed by atoms with Gasteiger partial charge < -0.3 is 5.32 Å². The number of sulfonamides is 1. The number of amides is 1. The largest absolute Gasteiger partial charge is 0.349 e. The average molecular weight is 349 g/mol. The number of rotatable bonds is 6. The van der Waals surface area contributed by atoms with Crippen molar-refractivity contribution in [2.75, 3.05) is 6.54 Å². The van der Waals surface area contributed by atoms with E-state index in [0.29, 0.717) is 5.56 Å². The van der Waals surface area contributed by atoms with Gasteiger partial charge in [-0.05, 0) is 37.1 Å². The third-order valence-corrected chi connectivity index (χ3v) is 5.62. The van der Waals surface area contributed by atoms with Gasteiger partial charge in [-0.15, -0.1) is 0 Å².